The van der Waals surface area contributed by atoms with Gasteiger partial charge in [-0.2, -0.15) is 0 Å². The van der Waals surface area contributed by atoms with Gasteiger partial charge in [0, 0.05) is 12.8 Å². The highest BCUT2D eigenvalue weighted by molar-refractivity contribution is 5.72. The minimum Gasteiger partial charge on any atom is -0.456 e. The molecule has 0 radical (unpaired) electrons. The number of carbonyl (C=O) groups excluding carboxylic acids is 1. The SMILES string of the molecule is C[C@@]1(O)[C@H](O)CCC[C@]12CCC(=O)O2. The van der Waals surface area contributed by atoms with Crippen LogP contribution < -0.4 is 0 Å². The Morgan fingerprint density at radius 3 is 2.79 bits per heavy atom. The van der Waals surface area contributed by atoms with Crippen LogP contribution in [0.15, 0.2) is 0 Å². The normalized spacial score (nSPS) is 48.2. The van der Waals surface area contributed by atoms with Crippen LogP contribution in [0.25, 0.3) is 0 Å². The van der Waals surface area contributed by atoms with Crippen molar-refractivity contribution in [2.75, 3.05) is 0 Å². The van der Waals surface area contributed by atoms with Crippen LogP contribution in [-0.2, 0) is 9.53 Å². The molecule has 0 aromatic rings. The number of esters is 1. The first-order valence-electron chi connectivity index (χ1n) is 5.10. The highest BCUT2D eigenvalue weighted by atomic mass is 16.6. The lowest BCUT2D eigenvalue weighted by Gasteiger charge is -2.47. The molecule has 3 atom stereocenters. The van der Waals surface area contributed by atoms with Crippen LogP contribution >= 0.6 is 0 Å². The lowest BCUT2D eigenvalue weighted by molar-refractivity contribution is -0.218. The van der Waals surface area contributed by atoms with Gasteiger partial charge in [-0.15, -0.1) is 0 Å². The average Bonchev–Trinajstić information content (AvgIpc) is 2.46. The Bertz CT molecular complexity index is 261. The number of aliphatic hydroxyl groups is 2. The fourth-order valence-corrected chi connectivity index (χ4v) is 2.58. The lowest BCUT2D eigenvalue weighted by atomic mass is 9.69. The van der Waals surface area contributed by atoms with E-state index in [-0.39, 0.29) is 5.97 Å². The van der Waals surface area contributed by atoms with E-state index < -0.39 is 17.3 Å². The predicted molar refractivity (Wildman–Crippen MR) is 48.5 cm³/mol. The van der Waals surface area contributed by atoms with E-state index in [1.165, 1.54) is 0 Å². The van der Waals surface area contributed by atoms with Gasteiger partial charge in [0.05, 0.1) is 6.10 Å². The Hall–Kier alpha value is -0.610. The highest BCUT2D eigenvalue weighted by Gasteiger charge is 2.58. The smallest absolute Gasteiger partial charge is 0.306 e. The summed E-state index contributed by atoms with van der Waals surface area (Å²) in [4.78, 5) is 11.1. The topological polar surface area (TPSA) is 66.8 Å². The molecular formula is C10H16O4. The van der Waals surface area contributed by atoms with E-state index in [1.54, 1.807) is 6.92 Å². The molecule has 14 heavy (non-hydrogen) atoms. The van der Waals surface area contributed by atoms with Crippen molar-refractivity contribution >= 4 is 5.97 Å². The second kappa shape index (κ2) is 2.94. The monoisotopic (exact) mass is 200 g/mol. The van der Waals surface area contributed by atoms with Crippen molar-refractivity contribution in [1.29, 1.82) is 0 Å². The molecule has 2 fully saturated rings. The Morgan fingerprint density at radius 2 is 2.21 bits per heavy atom. The van der Waals surface area contributed by atoms with Gasteiger partial charge in [0.2, 0.25) is 0 Å². The van der Waals surface area contributed by atoms with Crippen molar-refractivity contribution in [3.05, 3.63) is 0 Å². The summed E-state index contributed by atoms with van der Waals surface area (Å²) in [5.41, 5.74) is -2.13. The zero-order chi connectivity index (χ0) is 10.4. The Kier molecular flexibility index (Phi) is 2.08. The summed E-state index contributed by atoms with van der Waals surface area (Å²) in [6.07, 6.45) is 2.11. The maximum absolute atomic E-state index is 11.1. The van der Waals surface area contributed by atoms with Crippen LogP contribution in [0.5, 0.6) is 0 Å². The van der Waals surface area contributed by atoms with Gasteiger partial charge in [-0.1, -0.05) is 0 Å². The zero-order valence-corrected chi connectivity index (χ0v) is 8.32. The van der Waals surface area contributed by atoms with Gasteiger partial charge < -0.3 is 14.9 Å². The van der Waals surface area contributed by atoms with Gasteiger partial charge in [0.25, 0.3) is 0 Å². The minimum atomic E-state index is -1.29. The molecule has 4 nitrogen and oxygen atoms in total. The van der Waals surface area contributed by atoms with Gasteiger partial charge in [0.1, 0.15) is 11.2 Å². The number of hydrogen-bond donors (Lipinski definition) is 2. The number of aliphatic hydroxyl groups excluding tert-OH is 1. The second-order valence-corrected chi connectivity index (χ2v) is 4.52. The molecule has 1 aliphatic carbocycles. The van der Waals surface area contributed by atoms with E-state index in [0.29, 0.717) is 25.7 Å². The maximum Gasteiger partial charge on any atom is 0.306 e. The first kappa shape index (κ1) is 9.93. The molecule has 0 aromatic carbocycles. The molecule has 1 heterocycles. The molecule has 1 spiro atoms. The summed E-state index contributed by atoms with van der Waals surface area (Å²) >= 11 is 0. The van der Waals surface area contributed by atoms with Crippen LogP contribution in [0, 0.1) is 0 Å². The molecule has 80 valence electrons. The number of rotatable bonds is 0. The van der Waals surface area contributed by atoms with E-state index in [0.717, 1.165) is 6.42 Å². The van der Waals surface area contributed by atoms with Crippen molar-refractivity contribution in [1.82, 2.24) is 0 Å². The average molecular weight is 200 g/mol. The first-order valence-corrected chi connectivity index (χ1v) is 5.10. The third-order valence-electron chi connectivity index (χ3n) is 3.67. The quantitative estimate of drug-likeness (QED) is 0.554. The van der Waals surface area contributed by atoms with Crippen LogP contribution in [0.4, 0.5) is 0 Å². The molecule has 0 aromatic heterocycles. The lowest BCUT2D eigenvalue weighted by Crippen LogP contribution is -2.61. The van der Waals surface area contributed by atoms with E-state index in [1.807, 2.05) is 0 Å². The van der Waals surface area contributed by atoms with Crippen molar-refractivity contribution in [2.24, 2.45) is 0 Å². The molecule has 0 bridgehead atoms. The van der Waals surface area contributed by atoms with Crippen LogP contribution in [0.2, 0.25) is 0 Å². The van der Waals surface area contributed by atoms with Crippen molar-refractivity contribution in [3.63, 3.8) is 0 Å². The predicted octanol–water partition coefficient (Wildman–Crippen LogP) is 0.358. The van der Waals surface area contributed by atoms with E-state index >= 15 is 0 Å². The first-order chi connectivity index (χ1) is 6.48. The fraction of sp³-hybridized carbons (Fsp3) is 0.900. The van der Waals surface area contributed by atoms with Gasteiger partial charge in [-0.25, -0.2) is 0 Å². The van der Waals surface area contributed by atoms with Crippen molar-refractivity contribution in [3.8, 4) is 0 Å². The summed E-state index contributed by atoms with van der Waals surface area (Å²) < 4.78 is 5.23. The summed E-state index contributed by atoms with van der Waals surface area (Å²) in [5, 5.41) is 19.9. The van der Waals surface area contributed by atoms with Gasteiger partial charge >= 0.3 is 5.97 Å². The van der Waals surface area contributed by atoms with Crippen LogP contribution in [0.1, 0.15) is 39.0 Å². The standard InChI is InChI=1S/C10H16O4/c1-9(13)7(11)3-2-5-10(9)6-4-8(12)14-10/h7,11,13H,2-6H2,1H3/t7-,9-,10+/m1/s1. The Labute approximate surface area is 82.9 Å². The molecule has 2 N–H and O–H groups in total. The number of hydrogen-bond acceptors (Lipinski definition) is 4. The van der Waals surface area contributed by atoms with E-state index in [2.05, 4.69) is 0 Å². The van der Waals surface area contributed by atoms with E-state index in [9.17, 15) is 15.0 Å². The minimum absolute atomic E-state index is 0.264. The Balaban J connectivity index is 2.28. The van der Waals surface area contributed by atoms with Crippen LogP contribution in [0.3, 0.4) is 0 Å². The molecule has 0 unspecified atom stereocenters. The number of ether oxygens (including phenoxy) is 1. The summed E-state index contributed by atoms with van der Waals surface area (Å²) in [6, 6.07) is 0. The summed E-state index contributed by atoms with van der Waals surface area (Å²) in [5.74, 6) is -0.264. The molecule has 1 aliphatic heterocycles. The van der Waals surface area contributed by atoms with Gasteiger partial charge in [0.15, 0.2) is 0 Å². The third-order valence-corrected chi connectivity index (χ3v) is 3.67. The summed E-state index contributed by atoms with van der Waals surface area (Å²) in [6.45, 7) is 1.56. The third kappa shape index (κ3) is 1.17. The Morgan fingerprint density at radius 1 is 1.50 bits per heavy atom. The highest BCUT2D eigenvalue weighted by Crippen LogP contribution is 2.46. The maximum atomic E-state index is 11.1. The second-order valence-electron chi connectivity index (χ2n) is 4.52. The van der Waals surface area contributed by atoms with E-state index in [4.69, 9.17) is 4.74 Å². The van der Waals surface area contributed by atoms with Gasteiger partial charge in [-0.05, 0) is 26.2 Å². The molecular weight excluding hydrogens is 184 g/mol. The van der Waals surface area contributed by atoms with Crippen molar-refractivity contribution in [2.45, 2.75) is 56.3 Å². The number of carbonyl (C=O) groups is 1. The fourth-order valence-electron chi connectivity index (χ4n) is 2.58. The summed E-state index contributed by atoms with van der Waals surface area (Å²) in [7, 11) is 0. The zero-order valence-electron chi connectivity index (χ0n) is 8.32. The van der Waals surface area contributed by atoms with Crippen molar-refractivity contribution < 1.29 is 19.7 Å². The molecule has 0 amide bonds. The molecule has 4 heteroatoms. The largest absolute Gasteiger partial charge is 0.456 e. The van der Waals surface area contributed by atoms with Gasteiger partial charge in [-0.3, -0.25) is 4.79 Å². The molecule has 2 aliphatic rings. The van der Waals surface area contributed by atoms with Crippen LogP contribution in [-0.4, -0.2) is 33.5 Å². The molecule has 1 saturated carbocycles. The molecule has 1 saturated heterocycles. The molecule has 2 rings (SSSR count).